The molecule has 0 N–H and O–H groups in total. The maximum absolute atomic E-state index is 11.4. The second kappa shape index (κ2) is 3.73. The van der Waals surface area contributed by atoms with E-state index in [9.17, 15) is 4.79 Å². The van der Waals surface area contributed by atoms with Crippen molar-refractivity contribution in [1.82, 2.24) is 4.98 Å². The van der Waals surface area contributed by atoms with E-state index in [-0.39, 0.29) is 0 Å². The average Bonchev–Trinajstić information content (AvgIpc) is 2.27. The number of benzene rings is 1. The maximum atomic E-state index is 11.4. The second-order valence-corrected chi connectivity index (χ2v) is 3.15. The molecule has 1 aromatic heterocycles. The van der Waals surface area contributed by atoms with Crippen LogP contribution in [0.3, 0.4) is 0 Å². The van der Waals surface area contributed by atoms with Crippen LogP contribution in [0.4, 0.5) is 0 Å². The summed E-state index contributed by atoms with van der Waals surface area (Å²) in [6, 6.07) is 5.24. The van der Waals surface area contributed by atoms with E-state index >= 15 is 0 Å². The Hall–Kier alpha value is -1.84. The third kappa shape index (κ3) is 1.70. The minimum Gasteiger partial charge on any atom is -0.465 e. The van der Waals surface area contributed by atoms with E-state index in [0.717, 1.165) is 10.8 Å². The van der Waals surface area contributed by atoms with Gasteiger partial charge in [0.1, 0.15) is 7.85 Å². The number of aromatic nitrogens is 1. The number of carbonyl (C=O) groups is 1. The van der Waals surface area contributed by atoms with Crippen LogP contribution in [0.5, 0.6) is 0 Å². The predicted octanol–water partition coefficient (Wildman–Crippen LogP) is 0.815. The Balaban J connectivity index is 2.67. The summed E-state index contributed by atoms with van der Waals surface area (Å²) in [7, 11) is 7.07. The summed E-state index contributed by atoms with van der Waals surface area (Å²) in [5.41, 5.74) is 0.790. The van der Waals surface area contributed by atoms with Gasteiger partial charge < -0.3 is 4.74 Å². The number of nitrogens with zero attached hydrogens (tertiary/aromatic N) is 1. The first-order valence-corrected chi connectivity index (χ1v) is 4.44. The van der Waals surface area contributed by atoms with Crippen LogP contribution in [0.1, 0.15) is 10.4 Å². The number of hydrogen-bond acceptors (Lipinski definition) is 3. The van der Waals surface area contributed by atoms with Crippen molar-refractivity contribution in [3.63, 3.8) is 0 Å². The second-order valence-electron chi connectivity index (χ2n) is 3.15. The van der Waals surface area contributed by atoms with E-state index < -0.39 is 5.97 Å². The van der Waals surface area contributed by atoms with Crippen LogP contribution in [0.2, 0.25) is 0 Å². The fourth-order valence-electron chi connectivity index (χ4n) is 1.44. The van der Waals surface area contributed by atoms with Crippen LogP contribution >= 0.6 is 0 Å². The van der Waals surface area contributed by atoms with Gasteiger partial charge in [0.15, 0.2) is 0 Å². The highest BCUT2D eigenvalue weighted by molar-refractivity contribution is 6.37. The zero-order chi connectivity index (χ0) is 10.8. The molecule has 72 valence electrons. The Labute approximate surface area is 88.5 Å². The Morgan fingerprint density at radius 3 is 2.93 bits per heavy atom. The predicted molar refractivity (Wildman–Crippen MR) is 58.5 cm³/mol. The highest BCUT2D eigenvalue weighted by Gasteiger charge is 2.09. The summed E-state index contributed by atoms with van der Waals surface area (Å²) in [4.78, 5) is 15.3. The van der Waals surface area contributed by atoms with Gasteiger partial charge in [0.2, 0.25) is 0 Å². The van der Waals surface area contributed by atoms with Crippen LogP contribution in [0.15, 0.2) is 30.6 Å². The normalized spacial score (nSPS) is 10.2. The molecule has 0 bridgehead atoms. The molecule has 0 aliphatic heterocycles. The van der Waals surface area contributed by atoms with Gasteiger partial charge in [-0.2, -0.15) is 0 Å². The Morgan fingerprint density at radius 2 is 2.20 bits per heavy atom. The summed E-state index contributed by atoms with van der Waals surface area (Å²) in [5.74, 6) is -0.425. The molecular weight excluding hydrogens is 189 g/mol. The first kappa shape index (κ1) is 9.71. The van der Waals surface area contributed by atoms with Gasteiger partial charge in [-0.15, -0.1) is 0 Å². The Bertz CT molecular complexity index is 525. The lowest BCUT2D eigenvalue weighted by Crippen LogP contribution is -2.16. The van der Waals surface area contributed by atoms with Crippen molar-refractivity contribution in [3.05, 3.63) is 36.2 Å². The quantitative estimate of drug-likeness (QED) is 0.501. The minimum absolute atomic E-state index is 0.385. The molecular formula is C11H8BNO2. The summed E-state index contributed by atoms with van der Waals surface area (Å²) >= 11 is 0. The fourth-order valence-corrected chi connectivity index (χ4v) is 1.44. The fraction of sp³-hybridized carbons (Fsp3) is 0.0909. The van der Waals surface area contributed by atoms with Gasteiger partial charge >= 0.3 is 5.97 Å². The number of hydrogen-bond donors (Lipinski definition) is 0. The SMILES string of the molecule is [B]c1cc2cnccc2cc1C(=O)OC. The molecule has 15 heavy (non-hydrogen) atoms. The third-order valence-corrected chi connectivity index (χ3v) is 2.21. The lowest BCUT2D eigenvalue weighted by atomic mass is 9.88. The number of rotatable bonds is 1. The van der Waals surface area contributed by atoms with Crippen LogP contribution in [-0.4, -0.2) is 25.9 Å². The molecule has 0 spiro atoms. The number of pyridine rings is 1. The van der Waals surface area contributed by atoms with Crippen molar-refractivity contribution in [2.45, 2.75) is 0 Å². The molecule has 0 saturated carbocycles. The van der Waals surface area contributed by atoms with Crippen molar-refractivity contribution in [2.75, 3.05) is 7.11 Å². The largest absolute Gasteiger partial charge is 0.465 e. The van der Waals surface area contributed by atoms with Gasteiger partial charge in [0, 0.05) is 12.4 Å². The van der Waals surface area contributed by atoms with Gasteiger partial charge in [-0.1, -0.05) is 11.5 Å². The molecule has 1 heterocycles. The Morgan fingerprint density at radius 1 is 1.40 bits per heavy atom. The molecule has 1 aromatic carbocycles. The van der Waals surface area contributed by atoms with Crippen molar-refractivity contribution in [2.24, 2.45) is 0 Å². The van der Waals surface area contributed by atoms with E-state index in [1.807, 2.05) is 6.07 Å². The van der Waals surface area contributed by atoms with Gasteiger partial charge in [0.05, 0.1) is 12.7 Å². The molecule has 0 fully saturated rings. The number of methoxy groups -OCH3 is 1. The monoisotopic (exact) mass is 197 g/mol. The van der Waals surface area contributed by atoms with Crippen LogP contribution < -0.4 is 5.46 Å². The Kier molecular flexibility index (Phi) is 2.41. The van der Waals surface area contributed by atoms with Gasteiger partial charge in [0.25, 0.3) is 0 Å². The zero-order valence-corrected chi connectivity index (χ0v) is 8.23. The first-order valence-electron chi connectivity index (χ1n) is 4.44. The number of carbonyl (C=O) groups excluding carboxylic acids is 1. The van der Waals surface area contributed by atoms with E-state index in [0.29, 0.717) is 11.0 Å². The van der Waals surface area contributed by atoms with Crippen molar-refractivity contribution in [1.29, 1.82) is 0 Å². The molecule has 0 aliphatic carbocycles. The molecule has 4 heteroatoms. The topological polar surface area (TPSA) is 39.2 Å². The summed E-state index contributed by atoms with van der Waals surface area (Å²) in [6.45, 7) is 0. The molecule has 0 aliphatic rings. The molecule has 2 aromatic rings. The third-order valence-electron chi connectivity index (χ3n) is 2.21. The first-order chi connectivity index (χ1) is 7.22. The number of fused-ring (bicyclic) bond motifs is 1. The van der Waals surface area contributed by atoms with E-state index in [2.05, 4.69) is 9.72 Å². The zero-order valence-electron chi connectivity index (χ0n) is 8.23. The molecule has 0 saturated heterocycles. The molecule has 0 atom stereocenters. The smallest absolute Gasteiger partial charge is 0.337 e. The molecule has 0 amide bonds. The number of ether oxygens (including phenoxy) is 1. The van der Waals surface area contributed by atoms with Gasteiger partial charge in [-0.05, 0) is 22.9 Å². The van der Waals surface area contributed by atoms with E-state index in [1.165, 1.54) is 7.11 Å². The average molecular weight is 197 g/mol. The number of esters is 1. The lowest BCUT2D eigenvalue weighted by Gasteiger charge is -2.06. The highest BCUT2D eigenvalue weighted by Crippen LogP contribution is 2.12. The van der Waals surface area contributed by atoms with Gasteiger partial charge in [-0.25, -0.2) is 4.79 Å². The molecule has 3 nitrogen and oxygen atoms in total. The van der Waals surface area contributed by atoms with Crippen molar-refractivity contribution in [3.8, 4) is 0 Å². The molecule has 0 unspecified atom stereocenters. The van der Waals surface area contributed by atoms with E-state index in [4.69, 9.17) is 7.85 Å². The van der Waals surface area contributed by atoms with E-state index in [1.54, 1.807) is 24.5 Å². The molecule has 2 radical (unpaired) electrons. The van der Waals surface area contributed by atoms with Crippen molar-refractivity contribution < 1.29 is 9.53 Å². The summed E-state index contributed by atoms with van der Waals surface area (Å²) in [5, 5.41) is 1.82. The minimum atomic E-state index is -0.425. The summed E-state index contributed by atoms with van der Waals surface area (Å²) < 4.78 is 4.63. The standard InChI is InChI=1S/C11H8BNO2/c1-15-11(14)9-4-7-2-3-13-6-8(7)5-10(9)12/h2-6H,1H3. The summed E-state index contributed by atoms with van der Waals surface area (Å²) in [6.07, 6.45) is 3.37. The van der Waals surface area contributed by atoms with Crippen LogP contribution in [0, 0.1) is 0 Å². The lowest BCUT2D eigenvalue weighted by molar-refractivity contribution is 0.0602. The van der Waals surface area contributed by atoms with Crippen LogP contribution in [0.25, 0.3) is 10.8 Å². The molecule has 2 rings (SSSR count). The highest BCUT2D eigenvalue weighted by atomic mass is 16.5. The van der Waals surface area contributed by atoms with Crippen molar-refractivity contribution >= 4 is 30.1 Å². The van der Waals surface area contributed by atoms with Gasteiger partial charge in [-0.3, -0.25) is 4.98 Å². The maximum Gasteiger partial charge on any atom is 0.337 e. The van der Waals surface area contributed by atoms with Crippen LogP contribution in [-0.2, 0) is 4.74 Å².